The molecule has 0 spiro atoms. The minimum atomic E-state index is -1.18. The van der Waals surface area contributed by atoms with Crippen molar-refractivity contribution in [3.05, 3.63) is 47.7 Å². The van der Waals surface area contributed by atoms with E-state index in [0.29, 0.717) is 17.7 Å². The Hall–Kier alpha value is -2.50. The van der Waals surface area contributed by atoms with Gasteiger partial charge >= 0.3 is 6.03 Å². The lowest BCUT2D eigenvalue weighted by Gasteiger charge is -2.35. The summed E-state index contributed by atoms with van der Waals surface area (Å²) in [5.41, 5.74) is 1.11. The molecule has 1 aromatic carbocycles. The Labute approximate surface area is 174 Å². The van der Waals surface area contributed by atoms with Crippen LogP contribution in [0.5, 0.6) is 0 Å². The molecule has 0 bridgehead atoms. The summed E-state index contributed by atoms with van der Waals surface area (Å²) in [6.07, 6.45) is -3.03. The Balaban J connectivity index is 1.69. The molecular formula is C20H27N3O7. The highest BCUT2D eigenvalue weighted by molar-refractivity contribution is 5.95. The number of carbonyl (C=O) groups excluding carboxylic acids is 2. The van der Waals surface area contributed by atoms with Gasteiger partial charge in [-0.25, -0.2) is 4.79 Å². The summed E-state index contributed by atoms with van der Waals surface area (Å²) in [7, 11) is 1.52. The maximum atomic E-state index is 12.7. The number of aliphatic hydroxyl groups is 2. The first-order valence-electron chi connectivity index (χ1n) is 9.64. The number of aliphatic hydroxyl groups excluding tert-OH is 2. The smallest absolute Gasteiger partial charge is 0.325 e. The molecule has 0 radical (unpaired) electrons. The lowest BCUT2D eigenvalue weighted by atomic mass is 10.1. The fourth-order valence-corrected chi connectivity index (χ4v) is 3.38. The van der Waals surface area contributed by atoms with Crippen LogP contribution < -0.4 is 10.6 Å². The van der Waals surface area contributed by atoms with Crippen LogP contribution in [0.3, 0.4) is 0 Å². The van der Waals surface area contributed by atoms with Gasteiger partial charge in [0.2, 0.25) is 0 Å². The Bertz CT molecular complexity index is 773. The molecule has 164 valence electrons. The van der Waals surface area contributed by atoms with Crippen LogP contribution in [0, 0.1) is 0 Å². The first kappa shape index (κ1) is 22.2. The number of amides is 3. The molecule has 5 atom stereocenters. The van der Waals surface area contributed by atoms with Crippen LogP contribution in [0.1, 0.15) is 17.3 Å². The van der Waals surface area contributed by atoms with Gasteiger partial charge in [-0.3, -0.25) is 9.69 Å². The molecule has 30 heavy (non-hydrogen) atoms. The molecule has 2 aliphatic heterocycles. The standard InChI is InChI=1S/C20H27N3O7/c1-12-10-23(19-15(25)16(14(11-24)30-19)29-9-8-28-2)20(27)22-17(12)21-18(26)13-6-4-3-5-7-13/h3-7,10,14-17,19,24-25H,8-9,11H2,1-2H3,(H,21,26)(H,22,27)/t14-,15+,16?,17?,19-/m1/s1. The highest BCUT2D eigenvalue weighted by Crippen LogP contribution is 2.28. The molecular weight excluding hydrogens is 394 g/mol. The van der Waals surface area contributed by atoms with E-state index in [-0.39, 0.29) is 19.1 Å². The second kappa shape index (κ2) is 10.0. The van der Waals surface area contributed by atoms with Crippen molar-refractivity contribution in [1.29, 1.82) is 0 Å². The minimum absolute atomic E-state index is 0.208. The average molecular weight is 421 g/mol. The molecule has 2 aliphatic rings. The molecule has 0 aromatic heterocycles. The van der Waals surface area contributed by atoms with E-state index in [9.17, 15) is 19.8 Å². The molecule has 4 N–H and O–H groups in total. The third-order valence-corrected chi connectivity index (χ3v) is 4.97. The normalized spacial score (nSPS) is 28.8. The summed E-state index contributed by atoms with van der Waals surface area (Å²) in [4.78, 5) is 26.3. The number of rotatable bonds is 8. The average Bonchev–Trinajstić information content (AvgIpc) is 3.06. The SMILES string of the molecule is COCCOC1[C@@H](CO)O[C@@H](N2C=C(C)C(NC(=O)c3ccccc3)NC2=O)[C@H]1O. The summed E-state index contributed by atoms with van der Waals surface area (Å²) in [5.74, 6) is -0.328. The second-order valence-electron chi connectivity index (χ2n) is 7.07. The van der Waals surface area contributed by atoms with Crippen molar-refractivity contribution < 1.29 is 34.0 Å². The van der Waals surface area contributed by atoms with E-state index in [0.717, 1.165) is 0 Å². The minimum Gasteiger partial charge on any atom is -0.394 e. The van der Waals surface area contributed by atoms with Gasteiger partial charge < -0.3 is 35.1 Å². The van der Waals surface area contributed by atoms with Crippen LogP contribution in [-0.2, 0) is 14.2 Å². The summed E-state index contributed by atoms with van der Waals surface area (Å²) in [6, 6.07) is 8.10. The molecule has 2 unspecified atom stereocenters. The van der Waals surface area contributed by atoms with Crippen LogP contribution in [0.2, 0.25) is 0 Å². The van der Waals surface area contributed by atoms with Gasteiger partial charge in [0.1, 0.15) is 24.5 Å². The number of hydrogen-bond donors (Lipinski definition) is 4. The largest absolute Gasteiger partial charge is 0.394 e. The molecule has 2 heterocycles. The summed E-state index contributed by atoms with van der Waals surface area (Å²) >= 11 is 0. The third kappa shape index (κ3) is 4.79. The van der Waals surface area contributed by atoms with E-state index < -0.39 is 36.7 Å². The number of ether oxygens (including phenoxy) is 3. The van der Waals surface area contributed by atoms with Gasteiger partial charge in [0.05, 0.1) is 19.8 Å². The summed E-state index contributed by atoms with van der Waals surface area (Å²) < 4.78 is 16.2. The number of urea groups is 1. The molecule has 0 aliphatic carbocycles. The maximum absolute atomic E-state index is 12.7. The predicted octanol–water partition coefficient (Wildman–Crippen LogP) is -0.219. The lowest BCUT2D eigenvalue weighted by molar-refractivity contribution is -0.0723. The Morgan fingerprint density at radius 3 is 2.70 bits per heavy atom. The van der Waals surface area contributed by atoms with Crippen molar-refractivity contribution in [2.75, 3.05) is 26.9 Å². The molecule has 1 fully saturated rings. The third-order valence-electron chi connectivity index (χ3n) is 4.97. The molecule has 1 saturated heterocycles. The van der Waals surface area contributed by atoms with Gasteiger partial charge in [0.25, 0.3) is 5.91 Å². The number of hydrogen-bond acceptors (Lipinski definition) is 7. The van der Waals surface area contributed by atoms with Crippen molar-refractivity contribution >= 4 is 11.9 Å². The zero-order valence-corrected chi connectivity index (χ0v) is 16.9. The van der Waals surface area contributed by atoms with E-state index >= 15 is 0 Å². The van der Waals surface area contributed by atoms with Crippen LogP contribution in [0.25, 0.3) is 0 Å². The van der Waals surface area contributed by atoms with Crippen molar-refractivity contribution in [1.82, 2.24) is 15.5 Å². The van der Waals surface area contributed by atoms with Crippen LogP contribution in [0.4, 0.5) is 4.79 Å². The first-order chi connectivity index (χ1) is 14.5. The van der Waals surface area contributed by atoms with Gasteiger partial charge in [0.15, 0.2) is 6.23 Å². The highest BCUT2D eigenvalue weighted by Gasteiger charge is 2.48. The quantitative estimate of drug-likeness (QED) is 0.427. The first-order valence-corrected chi connectivity index (χ1v) is 9.64. The Morgan fingerprint density at radius 1 is 1.30 bits per heavy atom. The topological polar surface area (TPSA) is 130 Å². The second-order valence-corrected chi connectivity index (χ2v) is 7.07. The van der Waals surface area contributed by atoms with Gasteiger partial charge in [-0.05, 0) is 24.6 Å². The fraction of sp³-hybridized carbons (Fsp3) is 0.500. The van der Waals surface area contributed by atoms with Gasteiger partial charge in [-0.15, -0.1) is 0 Å². The maximum Gasteiger partial charge on any atom is 0.325 e. The summed E-state index contributed by atoms with van der Waals surface area (Å²) in [6.45, 7) is 1.89. The molecule has 0 saturated carbocycles. The van der Waals surface area contributed by atoms with Gasteiger partial charge in [0, 0.05) is 18.9 Å². The number of carbonyl (C=O) groups is 2. The van der Waals surface area contributed by atoms with Crippen LogP contribution >= 0.6 is 0 Å². The van der Waals surface area contributed by atoms with Crippen LogP contribution in [0.15, 0.2) is 42.1 Å². The molecule has 10 nitrogen and oxygen atoms in total. The number of nitrogens with one attached hydrogen (secondary N) is 2. The highest BCUT2D eigenvalue weighted by atomic mass is 16.6. The molecule has 1 aromatic rings. The zero-order valence-electron chi connectivity index (χ0n) is 16.9. The van der Waals surface area contributed by atoms with E-state index in [4.69, 9.17) is 14.2 Å². The van der Waals surface area contributed by atoms with Crippen molar-refractivity contribution in [2.24, 2.45) is 0 Å². The Kier molecular flexibility index (Phi) is 7.40. The van der Waals surface area contributed by atoms with Crippen molar-refractivity contribution in [3.63, 3.8) is 0 Å². The van der Waals surface area contributed by atoms with E-state index in [1.807, 2.05) is 0 Å². The van der Waals surface area contributed by atoms with E-state index in [2.05, 4.69) is 10.6 Å². The molecule has 3 rings (SSSR count). The van der Waals surface area contributed by atoms with Crippen molar-refractivity contribution in [2.45, 2.75) is 37.6 Å². The Morgan fingerprint density at radius 2 is 2.03 bits per heavy atom. The monoisotopic (exact) mass is 421 g/mol. The lowest BCUT2D eigenvalue weighted by Crippen LogP contribution is -2.58. The predicted molar refractivity (Wildman–Crippen MR) is 105 cm³/mol. The van der Waals surface area contributed by atoms with E-state index in [1.54, 1.807) is 37.3 Å². The number of benzene rings is 1. The van der Waals surface area contributed by atoms with Gasteiger partial charge in [-0.1, -0.05) is 18.2 Å². The van der Waals surface area contributed by atoms with Gasteiger partial charge in [-0.2, -0.15) is 0 Å². The van der Waals surface area contributed by atoms with Crippen LogP contribution in [-0.4, -0.2) is 84.7 Å². The zero-order chi connectivity index (χ0) is 21.7. The summed E-state index contributed by atoms with van der Waals surface area (Å²) in [5, 5.41) is 25.6. The number of methoxy groups -OCH3 is 1. The number of nitrogens with zero attached hydrogens (tertiary/aromatic N) is 1. The fourth-order valence-electron chi connectivity index (χ4n) is 3.38. The molecule has 3 amide bonds. The molecule has 10 heteroatoms. The van der Waals surface area contributed by atoms with E-state index in [1.165, 1.54) is 18.2 Å². The van der Waals surface area contributed by atoms with Crippen molar-refractivity contribution in [3.8, 4) is 0 Å².